The summed E-state index contributed by atoms with van der Waals surface area (Å²) in [5, 5.41) is 0. The molecule has 2 aliphatic heterocycles. The number of carbonyl (C=O) groups is 1. The second kappa shape index (κ2) is 6.20. The van der Waals surface area contributed by atoms with E-state index in [1.54, 1.807) is 24.0 Å². The van der Waals surface area contributed by atoms with E-state index in [4.69, 9.17) is 9.47 Å². The quantitative estimate of drug-likeness (QED) is 0.782. The lowest BCUT2D eigenvalue weighted by Gasteiger charge is -2.44. The van der Waals surface area contributed by atoms with Gasteiger partial charge in [-0.3, -0.25) is 4.90 Å². The number of rotatable bonds is 1. The smallest absolute Gasteiger partial charge is 0.411 e. The molecule has 1 saturated heterocycles. The third kappa shape index (κ3) is 3.31. The highest BCUT2D eigenvalue weighted by Gasteiger charge is 2.40. The van der Waals surface area contributed by atoms with Gasteiger partial charge in [0, 0.05) is 5.56 Å². The molecule has 0 N–H and O–H groups in total. The Labute approximate surface area is 142 Å². The largest absolute Gasteiger partial charge is 0.444 e. The number of halogens is 1. The molecule has 2 atom stereocenters. The summed E-state index contributed by atoms with van der Waals surface area (Å²) in [7, 11) is 0. The predicted octanol–water partition coefficient (Wildman–Crippen LogP) is 3.93. The fraction of sp³-hybridized carbons (Fsp3) is 0.526. The van der Waals surface area contributed by atoms with Gasteiger partial charge in [0.2, 0.25) is 0 Å². The van der Waals surface area contributed by atoms with E-state index in [0.717, 1.165) is 5.57 Å². The van der Waals surface area contributed by atoms with Gasteiger partial charge in [-0.25, -0.2) is 9.18 Å². The van der Waals surface area contributed by atoms with Crippen LogP contribution in [-0.2, 0) is 9.47 Å². The molecule has 5 heteroatoms. The first-order chi connectivity index (χ1) is 11.3. The SMILES string of the molecule is Cc1cccc(C2=CC3COCC(C2)N3C(=O)OC(C)(C)C)c1F. The predicted molar refractivity (Wildman–Crippen MR) is 90.2 cm³/mol. The maximum atomic E-state index is 14.5. The van der Waals surface area contributed by atoms with Gasteiger partial charge >= 0.3 is 6.09 Å². The highest BCUT2D eigenvalue weighted by molar-refractivity contribution is 5.75. The van der Waals surface area contributed by atoms with Crippen molar-refractivity contribution in [1.82, 2.24) is 4.90 Å². The number of ether oxygens (including phenoxy) is 2. The molecule has 24 heavy (non-hydrogen) atoms. The van der Waals surface area contributed by atoms with Crippen molar-refractivity contribution in [2.75, 3.05) is 13.2 Å². The van der Waals surface area contributed by atoms with Crippen LogP contribution >= 0.6 is 0 Å². The average molecular weight is 333 g/mol. The number of benzene rings is 1. The first-order valence-electron chi connectivity index (χ1n) is 8.31. The molecular formula is C19H24FNO3. The number of hydrogen-bond acceptors (Lipinski definition) is 3. The summed E-state index contributed by atoms with van der Waals surface area (Å²) in [6.07, 6.45) is 2.17. The molecule has 0 aromatic heterocycles. The number of amides is 1. The van der Waals surface area contributed by atoms with Gasteiger partial charge in [0.25, 0.3) is 0 Å². The Kier molecular flexibility index (Phi) is 4.38. The number of carbonyl (C=O) groups excluding carboxylic acids is 1. The molecule has 0 aliphatic carbocycles. The first kappa shape index (κ1) is 17.0. The van der Waals surface area contributed by atoms with Crippen LogP contribution in [0, 0.1) is 12.7 Å². The molecule has 1 aromatic carbocycles. The summed E-state index contributed by atoms with van der Waals surface area (Å²) in [5.41, 5.74) is 1.65. The van der Waals surface area contributed by atoms with Gasteiger partial charge in [-0.1, -0.05) is 24.3 Å². The number of hydrogen-bond donors (Lipinski definition) is 0. The topological polar surface area (TPSA) is 38.8 Å². The summed E-state index contributed by atoms with van der Waals surface area (Å²) < 4.78 is 25.6. The van der Waals surface area contributed by atoms with Crippen molar-refractivity contribution >= 4 is 11.7 Å². The lowest BCUT2D eigenvalue weighted by Crippen LogP contribution is -2.57. The molecule has 2 unspecified atom stereocenters. The van der Waals surface area contributed by atoms with Crippen LogP contribution in [-0.4, -0.2) is 41.9 Å². The molecule has 0 spiro atoms. The molecule has 130 valence electrons. The second-order valence-corrected chi connectivity index (χ2v) is 7.48. The fourth-order valence-electron chi connectivity index (χ4n) is 3.29. The van der Waals surface area contributed by atoms with Crippen LogP contribution in [0.3, 0.4) is 0 Å². The zero-order chi connectivity index (χ0) is 17.5. The molecule has 0 radical (unpaired) electrons. The van der Waals surface area contributed by atoms with Crippen LogP contribution < -0.4 is 0 Å². The van der Waals surface area contributed by atoms with Crippen molar-refractivity contribution in [3.8, 4) is 0 Å². The molecule has 2 heterocycles. The second-order valence-electron chi connectivity index (χ2n) is 7.48. The molecular weight excluding hydrogens is 309 g/mol. The minimum atomic E-state index is -0.543. The summed E-state index contributed by atoms with van der Waals surface area (Å²) in [6.45, 7) is 8.17. The third-order valence-corrected chi connectivity index (χ3v) is 4.34. The lowest BCUT2D eigenvalue weighted by atomic mass is 9.89. The van der Waals surface area contributed by atoms with Crippen molar-refractivity contribution in [3.05, 3.63) is 41.2 Å². The molecule has 2 bridgehead atoms. The van der Waals surface area contributed by atoms with Crippen LogP contribution in [0.4, 0.5) is 9.18 Å². The van der Waals surface area contributed by atoms with Gasteiger partial charge in [0.15, 0.2) is 0 Å². The maximum absolute atomic E-state index is 14.5. The highest BCUT2D eigenvalue weighted by Crippen LogP contribution is 2.35. The van der Waals surface area contributed by atoms with E-state index in [9.17, 15) is 9.18 Å². The normalized spacial score (nSPS) is 23.7. The minimum Gasteiger partial charge on any atom is -0.444 e. The lowest BCUT2D eigenvalue weighted by molar-refractivity contribution is -0.0510. The molecule has 1 fully saturated rings. The van der Waals surface area contributed by atoms with Gasteiger partial charge in [-0.2, -0.15) is 0 Å². The minimum absolute atomic E-state index is 0.126. The average Bonchev–Trinajstić information content (AvgIpc) is 2.47. The van der Waals surface area contributed by atoms with Crippen LogP contribution in [0.15, 0.2) is 24.3 Å². The Bertz CT molecular complexity index is 678. The van der Waals surface area contributed by atoms with Crippen LogP contribution in [0.5, 0.6) is 0 Å². The number of aryl methyl sites for hydroxylation is 1. The molecule has 4 nitrogen and oxygen atoms in total. The van der Waals surface area contributed by atoms with Gasteiger partial charge in [-0.05, 0) is 45.3 Å². The number of nitrogens with zero attached hydrogens (tertiary/aromatic N) is 1. The summed E-state index contributed by atoms with van der Waals surface area (Å²) >= 11 is 0. The number of fused-ring (bicyclic) bond motifs is 2. The summed E-state index contributed by atoms with van der Waals surface area (Å²) in [4.78, 5) is 14.3. The van der Waals surface area contributed by atoms with E-state index in [2.05, 4.69) is 0 Å². The van der Waals surface area contributed by atoms with Crippen molar-refractivity contribution in [3.63, 3.8) is 0 Å². The fourth-order valence-corrected chi connectivity index (χ4v) is 3.29. The van der Waals surface area contributed by atoms with E-state index in [-0.39, 0.29) is 24.0 Å². The Morgan fingerprint density at radius 2 is 2.08 bits per heavy atom. The third-order valence-electron chi connectivity index (χ3n) is 4.34. The van der Waals surface area contributed by atoms with Gasteiger partial charge in [0.05, 0.1) is 25.3 Å². The maximum Gasteiger partial charge on any atom is 0.411 e. The van der Waals surface area contributed by atoms with Crippen molar-refractivity contribution < 1.29 is 18.7 Å². The summed E-state index contributed by atoms with van der Waals surface area (Å²) in [5.74, 6) is -0.187. The highest BCUT2D eigenvalue weighted by atomic mass is 19.1. The van der Waals surface area contributed by atoms with E-state index < -0.39 is 5.60 Å². The molecule has 3 rings (SSSR count). The molecule has 2 aliphatic rings. The van der Waals surface area contributed by atoms with Gasteiger partial charge in [-0.15, -0.1) is 0 Å². The molecule has 1 aromatic rings. The molecule has 1 amide bonds. The standard InChI is InChI=1S/C19H24FNO3/c1-12-6-5-7-16(17(12)20)13-8-14-10-23-11-15(9-13)21(14)18(22)24-19(2,3)4/h5-8,14-15H,9-11H2,1-4H3. The first-order valence-corrected chi connectivity index (χ1v) is 8.31. The van der Waals surface area contributed by atoms with Crippen LogP contribution in [0.25, 0.3) is 5.57 Å². The Hall–Kier alpha value is -1.88. The van der Waals surface area contributed by atoms with E-state index >= 15 is 0 Å². The van der Waals surface area contributed by atoms with Gasteiger partial charge in [0.1, 0.15) is 11.4 Å². The van der Waals surface area contributed by atoms with Crippen molar-refractivity contribution in [1.29, 1.82) is 0 Å². The van der Waals surface area contributed by atoms with Crippen molar-refractivity contribution in [2.45, 2.75) is 51.8 Å². The Morgan fingerprint density at radius 3 is 2.75 bits per heavy atom. The molecule has 0 saturated carbocycles. The van der Waals surface area contributed by atoms with Crippen molar-refractivity contribution in [2.24, 2.45) is 0 Å². The van der Waals surface area contributed by atoms with Gasteiger partial charge < -0.3 is 9.47 Å². The number of morpholine rings is 1. The van der Waals surface area contributed by atoms with Crippen LogP contribution in [0.1, 0.15) is 38.3 Å². The summed E-state index contributed by atoms with van der Waals surface area (Å²) in [6, 6.07) is 5.08. The zero-order valence-electron chi connectivity index (χ0n) is 14.6. The van der Waals surface area contributed by atoms with E-state index in [1.807, 2.05) is 32.9 Å². The Balaban J connectivity index is 1.90. The van der Waals surface area contributed by atoms with Crippen LogP contribution in [0.2, 0.25) is 0 Å². The monoisotopic (exact) mass is 333 g/mol. The zero-order valence-corrected chi connectivity index (χ0v) is 14.6. The Morgan fingerprint density at radius 1 is 1.33 bits per heavy atom. The van der Waals surface area contributed by atoms with E-state index in [0.29, 0.717) is 30.8 Å². The van der Waals surface area contributed by atoms with E-state index in [1.165, 1.54) is 0 Å².